The minimum Gasteiger partial charge on any atom is -0.478 e. The van der Waals surface area contributed by atoms with E-state index >= 15 is 0 Å². The molecule has 0 aliphatic heterocycles. The molecule has 0 spiro atoms. The molecule has 0 unspecified atom stereocenters. The van der Waals surface area contributed by atoms with Gasteiger partial charge in [0, 0.05) is 12.5 Å². The highest BCUT2D eigenvalue weighted by atomic mass is 16.4. The maximum Gasteiger partial charge on any atom is 0.328 e. The van der Waals surface area contributed by atoms with Gasteiger partial charge in [0.1, 0.15) is 0 Å². The van der Waals surface area contributed by atoms with Gasteiger partial charge < -0.3 is 5.11 Å². The lowest BCUT2D eigenvalue weighted by molar-refractivity contribution is -0.131. The van der Waals surface area contributed by atoms with Gasteiger partial charge >= 0.3 is 5.97 Å². The molecule has 11 heavy (non-hydrogen) atoms. The highest BCUT2D eigenvalue weighted by Crippen LogP contribution is 2.01. The Hall–Kier alpha value is -1.23. The van der Waals surface area contributed by atoms with Crippen LogP contribution in [0.5, 0.6) is 0 Å². The summed E-state index contributed by atoms with van der Waals surface area (Å²) in [4.78, 5) is 10.1. The molecule has 0 atom stereocenters. The molecule has 0 aromatic heterocycles. The monoisotopic (exact) mass is 152 g/mol. The number of hydrogen-bond acceptors (Lipinski definition) is 1. The largest absolute Gasteiger partial charge is 0.478 e. The average Bonchev–Trinajstić information content (AvgIpc) is 1.86. The summed E-state index contributed by atoms with van der Waals surface area (Å²) in [6, 6.07) is 0. The molecule has 0 amide bonds. The maximum atomic E-state index is 10.1. The van der Waals surface area contributed by atoms with Crippen LogP contribution in [0.3, 0.4) is 0 Å². The number of carbonyl (C=O) groups is 1. The van der Waals surface area contributed by atoms with Crippen molar-refractivity contribution in [1.82, 2.24) is 0 Å². The van der Waals surface area contributed by atoms with E-state index in [4.69, 9.17) is 5.11 Å². The molecule has 0 aliphatic carbocycles. The van der Waals surface area contributed by atoms with E-state index < -0.39 is 5.97 Å². The molecule has 0 rings (SSSR count). The maximum absolute atomic E-state index is 10.1. The van der Waals surface area contributed by atoms with Gasteiger partial charge in [0.2, 0.25) is 0 Å². The van der Waals surface area contributed by atoms with Gasteiger partial charge in [0.05, 0.1) is 0 Å². The predicted molar refractivity (Wildman–Crippen MR) is 44.1 cm³/mol. The fraction of sp³-hybridized carbons (Fsp3) is 0.444. The summed E-state index contributed by atoms with van der Waals surface area (Å²) in [5.41, 5.74) is 0.861. The minimum absolute atomic E-state index is 0.742. The van der Waals surface area contributed by atoms with Crippen LogP contribution in [0.2, 0.25) is 0 Å². The second-order valence-corrected chi connectivity index (χ2v) is 2.26. The molecule has 60 valence electrons. The van der Waals surface area contributed by atoms with Crippen LogP contribution in [0, 0.1) is 11.8 Å². The summed E-state index contributed by atoms with van der Waals surface area (Å²) in [7, 11) is 0. The Morgan fingerprint density at radius 1 is 1.64 bits per heavy atom. The fourth-order valence-corrected chi connectivity index (χ4v) is 0.668. The third-order valence-electron chi connectivity index (χ3n) is 1.19. The number of carboxylic acids is 1. The molecular formula is C9H12O2. The van der Waals surface area contributed by atoms with Crippen molar-refractivity contribution < 1.29 is 9.90 Å². The quantitative estimate of drug-likeness (QED) is 0.494. The zero-order valence-electron chi connectivity index (χ0n) is 6.85. The number of aliphatic carboxylic acids is 1. The van der Waals surface area contributed by atoms with Crippen LogP contribution in [-0.2, 0) is 4.79 Å². The van der Waals surface area contributed by atoms with E-state index in [1.165, 1.54) is 6.08 Å². The molecule has 2 nitrogen and oxygen atoms in total. The first-order valence-electron chi connectivity index (χ1n) is 3.46. The molecule has 0 aliphatic rings. The van der Waals surface area contributed by atoms with Crippen molar-refractivity contribution in [3.63, 3.8) is 0 Å². The van der Waals surface area contributed by atoms with E-state index in [9.17, 15) is 4.79 Å². The summed E-state index contributed by atoms with van der Waals surface area (Å²) in [6.45, 7) is 3.57. The van der Waals surface area contributed by atoms with Crippen molar-refractivity contribution in [3.8, 4) is 11.8 Å². The summed E-state index contributed by atoms with van der Waals surface area (Å²) in [5, 5.41) is 8.33. The van der Waals surface area contributed by atoms with E-state index in [0.717, 1.165) is 18.4 Å². The SMILES string of the molecule is CC#CCCC(C)=CC(=O)O. The minimum atomic E-state index is -0.882. The van der Waals surface area contributed by atoms with Crippen LogP contribution in [0.15, 0.2) is 11.6 Å². The Labute approximate surface area is 66.9 Å². The highest BCUT2D eigenvalue weighted by Gasteiger charge is 1.91. The van der Waals surface area contributed by atoms with Gasteiger partial charge in [-0.15, -0.1) is 11.8 Å². The van der Waals surface area contributed by atoms with Crippen LogP contribution < -0.4 is 0 Å². The van der Waals surface area contributed by atoms with Crippen LogP contribution in [0.4, 0.5) is 0 Å². The summed E-state index contributed by atoms with van der Waals surface area (Å²) in [6.07, 6.45) is 2.70. The second kappa shape index (κ2) is 5.55. The van der Waals surface area contributed by atoms with E-state index in [1.807, 2.05) is 0 Å². The first-order valence-corrected chi connectivity index (χ1v) is 3.46. The molecular weight excluding hydrogens is 140 g/mol. The van der Waals surface area contributed by atoms with Gasteiger partial charge in [0.15, 0.2) is 0 Å². The summed E-state index contributed by atoms with van der Waals surface area (Å²) >= 11 is 0. The van der Waals surface area contributed by atoms with Crippen molar-refractivity contribution in [2.75, 3.05) is 0 Å². The van der Waals surface area contributed by atoms with E-state index in [-0.39, 0.29) is 0 Å². The van der Waals surface area contributed by atoms with Gasteiger partial charge in [0.25, 0.3) is 0 Å². The van der Waals surface area contributed by atoms with Crippen LogP contribution in [-0.4, -0.2) is 11.1 Å². The van der Waals surface area contributed by atoms with Gasteiger partial charge in [-0.25, -0.2) is 4.79 Å². The van der Waals surface area contributed by atoms with E-state index in [0.29, 0.717) is 0 Å². The Morgan fingerprint density at radius 2 is 2.27 bits per heavy atom. The second-order valence-electron chi connectivity index (χ2n) is 2.26. The first kappa shape index (κ1) is 9.77. The lowest BCUT2D eigenvalue weighted by atomic mass is 10.1. The Morgan fingerprint density at radius 3 is 2.73 bits per heavy atom. The summed E-state index contributed by atoms with van der Waals surface area (Å²) < 4.78 is 0. The zero-order chi connectivity index (χ0) is 8.69. The number of allylic oxidation sites excluding steroid dienone is 1. The van der Waals surface area contributed by atoms with Crippen molar-refractivity contribution in [1.29, 1.82) is 0 Å². The van der Waals surface area contributed by atoms with Gasteiger partial charge in [-0.2, -0.15) is 0 Å². The van der Waals surface area contributed by atoms with Gasteiger partial charge in [-0.3, -0.25) is 0 Å². The third kappa shape index (κ3) is 6.66. The Kier molecular flexibility index (Phi) is 4.93. The molecule has 0 saturated carbocycles. The molecule has 0 radical (unpaired) electrons. The van der Waals surface area contributed by atoms with Gasteiger partial charge in [-0.05, 0) is 20.3 Å². The van der Waals surface area contributed by atoms with Crippen molar-refractivity contribution in [3.05, 3.63) is 11.6 Å². The molecule has 0 fully saturated rings. The molecule has 0 heterocycles. The molecule has 0 saturated heterocycles. The molecule has 1 N–H and O–H groups in total. The standard InChI is InChI=1S/C9H12O2/c1-3-4-5-6-8(2)7-9(10)11/h7H,5-6H2,1-2H3,(H,10,11). The van der Waals surface area contributed by atoms with Crippen LogP contribution in [0.1, 0.15) is 26.7 Å². The van der Waals surface area contributed by atoms with Crippen molar-refractivity contribution in [2.45, 2.75) is 26.7 Å². The van der Waals surface area contributed by atoms with Crippen LogP contribution >= 0.6 is 0 Å². The first-order chi connectivity index (χ1) is 5.16. The van der Waals surface area contributed by atoms with Crippen molar-refractivity contribution in [2.24, 2.45) is 0 Å². The third-order valence-corrected chi connectivity index (χ3v) is 1.19. The van der Waals surface area contributed by atoms with Crippen molar-refractivity contribution >= 4 is 5.97 Å². The topological polar surface area (TPSA) is 37.3 Å². The molecule has 0 bridgehead atoms. The molecule has 0 aromatic rings. The van der Waals surface area contributed by atoms with Gasteiger partial charge in [-0.1, -0.05) is 5.57 Å². The fourth-order valence-electron chi connectivity index (χ4n) is 0.668. The lowest BCUT2D eigenvalue weighted by Crippen LogP contribution is -1.89. The normalized spacial score (nSPS) is 10.2. The Balaban J connectivity index is 3.74. The smallest absolute Gasteiger partial charge is 0.328 e. The zero-order valence-corrected chi connectivity index (χ0v) is 6.85. The van der Waals surface area contributed by atoms with Crippen LogP contribution in [0.25, 0.3) is 0 Å². The predicted octanol–water partition coefficient (Wildman–Crippen LogP) is 1.82. The van der Waals surface area contributed by atoms with E-state index in [1.54, 1.807) is 13.8 Å². The summed E-state index contributed by atoms with van der Waals surface area (Å²) in [5.74, 6) is 4.74. The lowest BCUT2D eigenvalue weighted by Gasteiger charge is -1.92. The molecule has 2 heteroatoms. The molecule has 0 aromatic carbocycles. The highest BCUT2D eigenvalue weighted by molar-refractivity contribution is 5.80. The number of carboxylic acid groups (broad SMARTS) is 1. The van der Waals surface area contributed by atoms with E-state index in [2.05, 4.69) is 11.8 Å². The average molecular weight is 152 g/mol. The number of rotatable bonds is 3. The number of hydrogen-bond donors (Lipinski definition) is 1. The Bertz CT molecular complexity index is 215.